The quantitative estimate of drug-likeness (QED) is 0.271. The maximum Gasteiger partial charge on any atom is 0.222 e. The summed E-state index contributed by atoms with van der Waals surface area (Å²) in [5.41, 5.74) is 3.62. The molecule has 0 atom stereocenters. The monoisotopic (exact) mass is 524 g/mol. The van der Waals surface area contributed by atoms with Crippen LogP contribution in [0.2, 0.25) is 0 Å². The molecular weight excluding hydrogens is 494 g/mol. The Balaban J connectivity index is 0.00000320. The van der Waals surface area contributed by atoms with Gasteiger partial charge in [-0.3, -0.25) is 9.79 Å². The highest BCUT2D eigenvalue weighted by Crippen LogP contribution is 2.19. The van der Waals surface area contributed by atoms with Crippen molar-refractivity contribution in [3.05, 3.63) is 71.0 Å². The first kappa shape index (κ1) is 24.1. The number of fused-ring (bicyclic) bond motifs is 1. The number of amides is 1. The van der Waals surface area contributed by atoms with E-state index in [0.29, 0.717) is 26.1 Å². The minimum atomic E-state index is -0.235. The second-order valence-corrected chi connectivity index (χ2v) is 7.39. The Morgan fingerprint density at radius 2 is 1.87 bits per heavy atom. The number of hydrogen-bond donors (Lipinski definition) is 1. The number of halogens is 2. The summed E-state index contributed by atoms with van der Waals surface area (Å²) in [6, 6.07) is 14.8. The summed E-state index contributed by atoms with van der Waals surface area (Å²) < 4.78 is 13.0. The van der Waals surface area contributed by atoms with Crippen LogP contribution in [0.25, 0.3) is 0 Å². The van der Waals surface area contributed by atoms with E-state index >= 15 is 0 Å². The second-order valence-electron chi connectivity index (χ2n) is 7.39. The summed E-state index contributed by atoms with van der Waals surface area (Å²) in [7, 11) is 3.68. The Labute approximate surface area is 195 Å². The van der Waals surface area contributed by atoms with Gasteiger partial charge < -0.3 is 15.1 Å². The average Bonchev–Trinajstić information content (AvgIpc) is 2.74. The van der Waals surface area contributed by atoms with E-state index in [0.717, 1.165) is 30.9 Å². The number of benzene rings is 2. The van der Waals surface area contributed by atoms with E-state index in [1.807, 2.05) is 22.9 Å². The van der Waals surface area contributed by atoms with Crippen molar-refractivity contribution < 1.29 is 9.18 Å². The zero-order valence-electron chi connectivity index (χ0n) is 17.6. The van der Waals surface area contributed by atoms with Crippen molar-refractivity contribution in [2.45, 2.75) is 32.4 Å². The molecule has 0 aliphatic carbocycles. The van der Waals surface area contributed by atoms with Gasteiger partial charge in [0.2, 0.25) is 5.91 Å². The highest BCUT2D eigenvalue weighted by molar-refractivity contribution is 14.0. The summed E-state index contributed by atoms with van der Waals surface area (Å²) >= 11 is 0. The van der Waals surface area contributed by atoms with Crippen LogP contribution in [0.15, 0.2) is 53.5 Å². The molecule has 0 aromatic heterocycles. The lowest BCUT2D eigenvalue weighted by Gasteiger charge is -2.29. The normalized spacial score (nSPS) is 13.3. The smallest absolute Gasteiger partial charge is 0.222 e. The van der Waals surface area contributed by atoms with E-state index in [9.17, 15) is 9.18 Å². The van der Waals surface area contributed by atoms with Gasteiger partial charge in [0.05, 0.1) is 0 Å². The summed E-state index contributed by atoms with van der Waals surface area (Å²) in [5.74, 6) is 0.727. The van der Waals surface area contributed by atoms with E-state index in [1.165, 1.54) is 23.3 Å². The molecule has 0 bridgehead atoms. The Morgan fingerprint density at radius 3 is 2.57 bits per heavy atom. The Kier molecular flexibility index (Phi) is 9.55. The van der Waals surface area contributed by atoms with Crippen LogP contribution in [-0.2, 0) is 24.3 Å². The fourth-order valence-electron chi connectivity index (χ4n) is 3.63. The van der Waals surface area contributed by atoms with Crippen molar-refractivity contribution in [3.63, 3.8) is 0 Å². The summed E-state index contributed by atoms with van der Waals surface area (Å²) in [4.78, 5) is 20.8. The molecule has 0 saturated carbocycles. The molecule has 3 rings (SSSR count). The Bertz CT molecular complexity index is 857. The van der Waals surface area contributed by atoms with Crippen molar-refractivity contribution >= 4 is 35.8 Å². The molecule has 1 aliphatic rings. The number of guanidine groups is 1. The van der Waals surface area contributed by atoms with Gasteiger partial charge in [0, 0.05) is 46.7 Å². The van der Waals surface area contributed by atoms with Crippen molar-refractivity contribution in [3.8, 4) is 0 Å². The molecule has 7 heteroatoms. The molecule has 0 fully saturated rings. The minimum absolute atomic E-state index is 0. The molecule has 1 amide bonds. The molecule has 5 nitrogen and oxygen atoms in total. The van der Waals surface area contributed by atoms with E-state index in [1.54, 1.807) is 19.2 Å². The lowest BCUT2D eigenvalue weighted by Crippen LogP contribution is -2.39. The van der Waals surface area contributed by atoms with Crippen molar-refractivity contribution in [1.82, 2.24) is 15.1 Å². The molecule has 2 aromatic carbocycles. The molecule has 0 saturated heterocycles. The first-order valence-electron chi connectivity index (χ1n) is 10.1. The predicted molar refractivity (Wildman–Crippen MR) is 129 cm³/mol. The molecular formula is C23H30FIN4O. The van der Waals surface area contributed by atoms with Gasteiger partial charge in [0.15, 0.2) is 5.96 Å². The van der Waals surface area contributed by atoms with Crippen LogP contribution in [0.4, 0.5) is 4.39 Å². The standard InChI is InChI=1S/C23H29FN4O.HI/c1-25-23(27(2)16-18-9-11-21(24)12-10-18)26-14-5-8-22(29)28-15-13-19-6-3-4-7-20(19)17-28;/h3-4,6-7,9-12H,5,8,13-17H2,1-2H3,(H,25,26);1H. The lowest BCUT2D eigenvalue weighted by atomic mass is 9.99. The van der Waals surface area contributed by atoms with Crippen LogP contribution < -0.4 is 5.32 Å². The number of aliphatic imine (C=N–C) groups is 1. The second kappa shape index (κ2) is 11.9. The van der Waals surface area contributed by atoms with Crippen molar-refractivity contribution in [1.29, 1.82) is 0 Å². The maximum absolute atomic E-state index is 13.0. The van der Waals surface area contributed by atoms with Gasteiger partial charge in [-0.15, -0.1) is 24.0 Å². The molecule has 1 heterocycles. The number of hydrogen-bond acceptors (Lipinski definition) is 2. The third kappa shape index (κ3) is 6.68. The third-order valence-corrected chi connectivity index (χ3v) is 5.24. The maximum atomic E-state index is 13.0. The first-order chi connectivity index (χ1) is 14.1. The number of nitrogens with zero attached hydrogens (tertiary/aromatic N) is 3. The predicted octanol–water partition coefficient (Wildman–Crippen LogP) is 3.82. The lowest BCUT2D eigenvalue weighted by molar-refractivity contribution is -0.132. The molecule has 0 unspecified atom stereocenters. The largest absolute Gasteiger partial charge is 0.356 e. The summed E-state index contributed by atoms with van der Waals surface area (Å²) in [5, 5.41) is 3.31. The van der Waals surface area contributed by atoms with Gasteiger partial charge >= 0.3 is 0 Å². The van der Waals surface area contributed by atoms with Crippen molar-refractivity contribution in [2.24, 2.45) is 4.99 Å². The highest BCUT2D eigenvalue weighted by Gasteiger charge is 2.19. The molecule has 30 heavy (non-hydrogen) atoms. The first-order valence-corrected chi connectivity index (χ1v) is 10.1. The highest BCUT2D eigenvalue weighted by atomic mass is 127. The van der Waals surface area contributed by atoms with Crippen LogP contribution in [-0.4, -0.2) is 48.9 Å². The van der Waals surface area contributed by atoms with Gasteiger partial charge in [-0.05, 0) is 41.7 Å². The molecule has 162 valence electrons. The third-order valence-electron chi connectivity index (χ3n) is 5.24. The van der Waals surface area contributed by atoms with Crippen molar-refractivity contribution in [2.75, 3.05) is 27.2 Å². The van der Waals surface area contributed by atoms with E-state index in [-0.39, 0.29) is 35.7 Å². The van der Waals surface area contributed by atoms with Gasteiger partial charge in [-0.1, -0.05) is 36.4 Å². The van der Waals surface area contributed by atoms with E-state index in [4.69, 9.17) is 0 Å². The zero-order valence-corrected chi connectivity index (χ0v) is 19.9. The van der Waals surface area contributed by atoms with Crippen LogP contribution in [0.5, 0.6) is 0 Å². The fraction of sp³-hybridized carbons (Fsp3) is 0.391. The fourth-order valence-corrected chi connectivity index (χ4v) is 3.63. The van der Waals surface area contributed by atoms with Gasteiger partial charge in [-0.2, -0.15) is 0 Å². The summed E-state index contributed by atoms with van der Waals surface area (Å²) in [6.45, 7) is 2.82. The minimum Gasteiger partial charge on any atom is -0.356 e. The number of nitrogens with one attached hydrogen (secondary N) is 1. The van der Waals surface area contributed by atoms with Crippen LogP contribution >= 0.6 is 24.0 Å². The van der Waals surface area contributed by atoms with Gasteiger partial charge in [0.25, 0.3) is 0 Å². The number of carbonyl (C=O) groups is 1. The van der Waals surface area contributed by atoms with Crippen LogP contribution in [0.3, 0.4) is 0 Å². The van der Waals surface area contributed by atoms with E-state index < -0.39 is 0 Å². The number of rotatable bonds is 6. The van der Waals surface area contributed by atoms with Crippen LogP contribution in [0, 0.1) is 5.82 Å². The zero-order chi connectivity index (χ0) is 20.6. The van der Waals surface area contributed by atoms with E-state index in [2.05, 4.69) is 28.5 Å². The number of carbonyl (C=O) groups excluding carboxylic acids is 1. The van der Waals surface area contributed by atoms with Crippen LogP contribution in [0.1, 0.15) is 29.5 Å². The molecule has 0 radical (unpaired) electrons. The Hall–Kier alpha value is -2.16. The molecule has 0 spiro atoms. The Morgan fingerprint density at radius 1 is 1.17 bits per heavy atom. The topological polar surface area (TPSA) is 47.9 Å². The molecule has 1 aliphatic heterocycles. The summed E-state index contributed by atoms with van der Waals surface area (Å²) in [6.07, 6.45) is 2.20. The SMILES string of the molecule is CN=C(NCCCC(=O)N1CCc2ccccc2C1)N(C)Cc1ccc(F)cc1.I. The average molecular weight is 524 g/mol. The van der Waals surface area contributed by atoms with Gasteiger partial charge in [0.1, 0.15) is 5.82 Å². The molecule has 2 aromatic rings. The molecule has 1 N–H and O–H groups in total. The van der Waals surface area contributed by atoms with Gasteiger partial charge in [-0.25, -0.2) is 4.39 Å².